The Morgan fingerprint density at radius 1 is 0.972 bits per heavy atom. The van der Waals surface area contributed by atoms with E-state index >= 15 is 0 Å². The van der Waals surface area contributed by atoms with E-state index in [0.717, 1.165) is 52.7 Å². The molecule has 3 aromatic rings. The summed E-state index contributed by atoms with van der Waals surface area (Å²) in [5.74, 6) is 4.14. The van der Waals surface area contributed by atoms with Crippen LogP contribution in [-0.2, 0) is 11.3 Å². The van der Waals surface area contributed by atoms with Crippen LogP contribution in [0.25, 0.3) is 17.2 Å². The fourth-order valence-electron chi connectivity index (χ4n) is 4.72. The molecule has 0 spiro atoms. The van der Waals surface area contributed by atoms with E-state index in [1.807, 2.05) is 24.3 Å². The third-order valence-electron chi connectivity index (χ3n) is 6.96. The molecular weight excluding hydrogens is 464 g/mol. The molecular formula is C31H34N2O2S. The standard InChI is InChI=1S/C31H34N2O2S/c1-22-2-6-25(7-3-22)26-8-11-30-28(18-26)19-27(12-15-35-30)31(34)33-29-9-4-23(5-10-29)20-32-21-24-13-16-36-17-14-24/h2-11,18-19,24,32H,12-17,20-21H2,1H3,(H,33,34). The fraction of sp³-hybridized carbons (Fsp3) is 0.323. The van der Waals surface area contributed by atoms with E-state index in [4.69, 9.17) is 4.74 Å². The maximum atomic E-state index is 13.1. The second kappa shape index (κ2) is 11.8. The molecule has 1 fully saturated rings. The van der Waals surface area contributed by atoms with Crippen LogP contribution in [0.4, 0.5) is 5.69 Å². The van der Waals surface area contributed by atoms with Crippen molar-refractivity contribution in [2.45, 2.75) is 32.7 Å². The Balaban J connectivity index is 1.22. The first-order valence-electron chi connectivity index (χ1n) is 12.9. The lowest BCUT2D eigenvalue weighted by Gasteiger charge is -2.21. The van der Waals surface area contributed by atoms with E-state index in [2.05, 4.69) is 77.9 Å². The molecule has 186 valence electrons. The van der Waals surface area contributed by atoms with Gasteiger partial charge in [0.1, 0.15) is 5.75 Å². The average Bonchev–Trinajstić information content (AvgIpc) is 3.13. The predicted octanol–water partition coefficient (Wildman–Crippen LogP) is 6.70. The predicted molar refractivity (Wildman–Crippen MR) is 152 cm³/mol. The van der Waals surface area contributed by atoms with Gasteiger partial charge in [0.2, 0.25) is 0 Å². The lowest BCUT2D eigenvalue weighted by Crippen LogP contribution is -2.25. The monoisotopic (exact) mass is 498 g/mol. The Morgan fingerprint density at radius 2 is 1.72 bits per heavy atom. The number of ether oxygens (including phenoxy) is 1. The molecule has 5 heteroatoms. The summed E-state index contributed by atoms with van der Waals surface area (Å²) in [6.45, 7) is 4.52. The second-order valence-electron chi connectivity index (χ2n) is 9.72. The van der Waals surface area contributed by atoms with Crippen LogP contribution in [0.15, 0.2) is 72.3 Å². The number of fused-ring (bicyclic) bond motifs is 1. The van der Waals surface area contributed by atoms with Crippen molar-refractivity contribution in [1.82, 2.24) is 5.32 Å². The summed E-state index contributed by atoms with van der Waals surface area (Å²) in [7, 11) is 0. The van der Waals surface area contributed by atoms with Crippen molar-refractivity contribution in [3.63, 3.8) is 0 Å². The van der Waals surface area contributed by atoms with Crippen LogP contribution >= 0.6 is 11.8 Å². The van der Waals surface area contributed by atoms with E-state index in [9.17, 15) is 4.79 Å². The Hall–Kier alpha value is -3.02. The van der Waals surface area contributed by atoms with Crippen molar-refractivity contribution in [2.24, 2.45) is 5.92 Å². The fourth-order valence-corrected chi connectivity index (χ4v) is 5.92. The largest absolute Gasteiger partial charge is 0.493 e. The minimum atomic E-state index is -0.0757. The van der Waals surface area contributed by atoms with Crippen molar-refractivity contribution in [2.75, 3.05) is 30.0 Å². The highest BCUT2D eigenvalue weighted by Crippen LogP contribution is 2.31. The third-order valence-corrected chi connectivity index (χ3v) is 8.01. The highest BCUT2D eigenvalue weighted by Gasteiger charge is 2.17. The quantitative estimate of drug-likeness (QED) is 0.381. The number of amides is 1. The van der Waals surface area contributed by atoms with E-state index in [-0.39, 0.29) is 5.91 Å². The minimum Gasteiger partial charge on any atom is -0.493 e. The van der Waals surface area contributed by atoms with Crippen LogP contribution in [0.1, 0.15) is 36.0 Å². The maximum absolute atomic E-state index is 13.1. The van der Waals surface area contributed by atoms with E-state index in [1.54, 1.807) is 0 Å². The van der Waals surface area contributed by atoms with Crippen molar-refractivity contribution < 1.29 is 9.53 Å². The molecule has 0 radical (unpaired) electrons. The van der Waals surface area contributed by atoms with Crippen molar-refractivity contribution >= 4 is 29.4 Å². The number of aryl methyl sites for hydroxylation is 1. The van der Waals surface area contributed by atoms with Gasteiger partial charge in [-0.15, -0.1) is 0 Å². The Labute approximate surface area is 218 Å². The number of anilines is 1. The van der Waals surface area contributed by atoms with Gasteiger partial charge in [0.05, 0.1) is 6.61 Å². The summed E-state index contributed by atoms with van der Waals surface area (Å²) in [6.07, 6.45) is 5.18. The minimum absolute atomic E-state index is 0.0757. The molecule has 3 aromatic carbocycles. The maximum Gasteiger partial charge on any atom is 0.251 e. The highest BCUT2D eigenvalue weighted by molar-refractivity contribution is 7.99. The van der Waals surface area contributed by atoms with E-state index < -0.39 is 0 Å². The van der Waals surface area contributed by atoms with Gasteiger partial charge in [-0.2, -0.15) is 11.8 Å². The van der Waals surface area contributed by atoms with Crippen molar-refractivity contribution in [3.8, 4) is 16.9 Å². The van der Waals surface area contributed by atoms with Crippen LogP contribution in [0, 0.1) is 12.8 Å². The summed E-state index contributed by atoms with van der Waals surface area (Å²) in [5.41, 5.74) is 7.21. The molecule has 0 bridgehead atoms. The summed E-state index contributed by atoms with van der Waals surface area (Å²) in [5, 5.41) is 6.67. The van der Waals surface area contributed by atoms with Gasteiger partial charge in [0, 0.05) is 29.8 Å². The number of hydrogen-bond acceptors (Lipinski definition) is 4. The first kappa shape index (κ1) is 24.7. The Kier molecular flexibility index (Phi) is 8.09. The molecule has 0 unspecified atom stereocenters. The molecule has 1 saturated heterocycles. The molecule has 2 aliphatic heterocycles. The first-order valence-corrected chi connectivity index (χ1v) is 14.0. The lowest BCUT2D eigenvalue weighted by molar-refractivity contribution is -0.113. The average molecular weight is 499 g/mol. The molecule has 5 rings (SSSR count). The number of nitrogens with one attached hydrogen (secondary N) is 2. The summed E-state index contributed by atoms with van der Waals surface area (Å²) in [4.78, 5) is 13.1. The van der Waals surface area contributed by atoms with Gasteiger partial charge in [-0.3, -0.25) is 4.79 Å². The molecule has 0 aliphatic carbocycles. The smallest absolute Gasteiger partial charge is 0.251 e. The van der Waals surface area contributed by atoms with Gasteiger partial charge in [-0.05, 0) is 90.8 Å². The number of benzene rings is 3. The zero-order chi connectivity index (χ0) is 24.7. The number of carbonyl (C=O) groups is 1. The number of hydrogen-bond donors (Lipinski definition) is 2. The SMILES string of the molecule is Cc1ccc(-c2ccc3c(c2)C=C(C(=O)Nc2ccc(CNCC4CCSCC4)cc2)CCO3)cc1. The molecule has 0 atom stereocenters. The summed E-state index contributed by atoms with van der Waals surface area (Å²) >= 11 is 2.07. The molecule has 0 aromatic heterocycles. The van der Waals surface area contributed by atoms with Crippen LogP contribution in [0.3, 0.4) is 0 Å². The summed E-state index contributed by atoms with van der Waals surface area (Å²) < 4.78 is 5.95. The topological polar surface area (TPSA) is 50.4 Å². The van der Waals surface area contributed by atoms with Crippen LogP contribution in [0.2, 0.25) is 0 Å². The Morgan fingerprint density at radius 3 is 2.50 bits per heavy atom. The van der Waals surface area contributed by atoms with Gasteiger partial charge in [0.25, 0.3) is 5.91 Å². The molecule has 0 saturated carbocycles. The molecule has 36 heavy (non-hydrogen) atoms. The van der Waals surface area contributed by atoms with Crippen LogP contribution in [0.5, 0.6) is 5.75 Å². The van der Waals surface area contributed by atoms with Crippen LogP contribution in [-0.4, -0.2) is 30.6 Å². The normalized spacial score (nSPS) is 15.9. The summed E-state index contributed by atoms with van der Waals surface area (Å²) in [6, 6.07) is 22.8. The number of carbonyl (C=O) groups excluding carboxylic acids is 1. The van der Waals surface area contributed by atoms with Gasteiger partial charge in [-0.1, -0.05) is 48.0 Å². The number of thioether (sulfide) groups is 1. The van der Waals surface area contributed by atoms with E-state index in [0.29, 0.717) is 13.0 Å². The first-order chi connectivity index (χ1) is 17.6. The van der Waals surface area contributed by atoms with Gasteiger partial charge >= 0.3 is 0 Å². The zero-order valence-electron chi connectivity index (χ0n) is 20.9. The van der Waals surface area contributed by atoms with Crippen molar-refractivity contribution in [1.29, 1.82) is 0 Å². The lowest BCUT2D eigenvalue weighted by atomic mass is 10.00. The zero-order valence-corrected chi connectivity index (χ0v) is 21.7. The molecule has 2 aliphatic rings. The van der Waals surface area contributed by atoms with Gasteiger partial charge < -0.3 is 15.4 Å². The van der Waals surface area contributed by atoms with Crippen molar-refractivity contribution in [3.05, 3.63) is 89.0 Å². The van der Waals surface area contributed by atoms with Crippen LogP contribution < -0.4 is 15.4 Å². The number of rotatable bonds is 7. The molecule has 4 nitrogen and oxygen atoms in total. The van der Waals surface area contributed by atoms with Gasteiger partial charge in [-0.25, -0.2) is 0 Å². The Bertz CT molecular complexity index is 1210. The van der Waals surface area contributed by atoms with Gasteiger partial charge in [0.15, 0.2) is 0 Å². The second-order valence-corrected chi connectivity index (χ2v) is 10.9. The molecule has 2 N–H and O–H groups in total. The molecule has 2 heterocycles. The third kappa shape index (κ3) is 6.40. The van der Waals surface area contributed by atoms with E-state index in [1.165, 1.54) is 35.5 Å². The highest BCUT2D eigenvalue weighted by atomic mass is 32.2. The molecule has 1 amide bonds.